The molecule has 3 rings (SSSR count). The first-order valence-electron chi connectivity index (χ1n) is 10.0. The molecule has 4 N–H and O–H groups in total. The van der Waals surface area contributed by atoms with Crippen LogP contribution in [0, 0.1) is 5.92 Å². The maximum absolute atomic E-state index is 12.8. The number of nitrogens with one attached hydrogen (secondary N) is 3. The molecule has 3 atom stereocenters. The zero-order valence-corrected chi connectivity index (χ0v) is 17.0. The number of aromatic nitrogens is 2. The predicted octanol–water partition coefficient (Wildman–Crippen LogP) is -0.237. The zero-order chi connectivity index (χ0) is 21.9. The van der Waals surface area contributed by atoms with Crippen LogP contribution in [0.25, 0.3) is 0 Å². The highest BCUT2D eigenvalue weighted by Gasteiger charge is 2.38. The van der Waals surface area contributed by atoms with Crippen LogP contribution in [-0.2, 0) is 19.1 Å². The second-order valence-corrected chi connectivity index (χ2v) is 7.18. The van der Waals surface area contributed by atoms with Crippen molar-refractivity contribution in [2.75, 3.05) is 26.2 Å². The third-order valence-electron chi connectivity index (χ3n) is 5.09. The van der Waals surface area contributed by atoms with Crippen LogP contribution in [0.4, 0.5) is 0 Å². The minimum Gasteiger partial charge on any atom is -0.483 e. The molecule has 0 unspecified atom stereocenters. The van der Waals surface area contributed by atoms with E-state index in [0.717, 1.165) is 6.42 Å². The minimum absolute atomic E-state index is 0.00768. The molecule has 0 aromatic carbocycles. The van der Waals surface area contributed by atoms with Crippen molar-refractivity contribution in [2.45, 2.75) is 44.8 Å². The molecule has 1 aromatic rings. The van der Waals surface area contributed by atoms with Crippen molar-refractivity contribution in [2.24, 2.45) is 5.92 Å². The van der Waals surface area contributed by atoms with E-state index in [4.69, 9.17) is 14.6 Å². The van der Waals surface area contributed by atoms with Gasteiger partial charge in [-0.3, -0.25) is 24.3 Å². The van der Waals surface area contributed by atoms with Crippen molar-refractivity contribution in [1.82, 2.24) is 25.7 Å². The van der Waals surface area contributed by atoms with Crippen molar-refractivity contribution in [3.63, 3.8) is 0 Å². The number of hydrogen-bond acceptors (Lipinski definition) is 6. The molecule has 11 nitrogen and oxygen atoms in total. The van der Waals surface area contributed by atoms with Gasteiger partial charge in [-0.1, -0.05) is 6.92 Å². The summed E-state index contributed by atoms with van der Waals surface area (Å²) in [6, 6.07) is 1.47. The highest BCUT2D eigenvalue weighted by atomic mass is 16.5. The van der Waals surface area contributed by atoms with E-state index >= 15 is 0 Å². The lowest BCUT2D eigenvalue weighted by Gasteiger charge is -2.38. The molecular weight excluding hydrogens is 394 g/mol. The quantitative estimate of drug-likeness (QED) is 0.461. The first-order valence-corrected chi connectivity index (χ1v) is 10.0. The van der Waals surface area contributed by atoms with Crippen LogP contribution in [-0.4, -0.2) is 82.8 Å². The number of aromatic amines is 1. The number of hydrogen-bond donors (Lipinski definition) is 4. The first-order chi connectivity index (χ1) is 14.5. The fourth-order valence-corrected chi connectivity index (χ4v) is 3.69. The SMILES string of the molecule is CCCO[C@H]1C[C@@H](C(=O)N2CCNC(=O)C2)CC[C@@H]1NC(=O)c1ccn[nH]1.O=CO. The molecular formula is C19H29N5O6. The summed E-state index contributed by atoms with van der Waals surface area (Å²) in [4.78, 5) is 46.7. The molecule has 1 aliphatic carbocycles. The number of ether oxygens (including phenoxy) is 1. The summed E-state index contributed by atoms with van der Waals surface area (Å²) in [6.07, 6.45) is 4.04. The molecule has 1 aliphatic heterocycles. The Morgan fingerprint density at radius 3 is 2.83 bits per heavy atom. The van der Waals surface area contributed by atoms with Crippen LogP contribution in [0.5, 0.6) is 0 Å². The molecule has 1 saturated carbocycles. The number of carbonyl (C=O) groups is 4. The lowest BCUT2D eigenvalue weighted by Crippen LogP contribution is -2.54. The molecule has 2 heterocycles. The maximum atomic E-state index is 12.8. The number of H-pyrrole nitrogens is 1. The Kier molecular flexibility index (Phi) is 9.26. The molecule has 0 spiro atoms. The molecule has 166 valence electrons. The van der Waals surface area contributed by atoms with Gasteiger partial charge in [0.2, 0.25) is 11.8 Å². The number of piperazine rings is 1. The number of carboxylic acid groups (broad SMARTS) is 1. The van der Waals surface area contributed by atoms with Gasteiger partial charge in [0.25, 0.3) is 12.4 Å². The molecule has 0 bridgehead atoms. The van der Waals surface area contributed by atoms with Gasteiger partial charge < -0.3 is 25.4 Å². The topological polar surface area (TPSA) is 154 Å². The Bertz CT molecular complexity index is 710. The largest absolute Gasteiger partial charge is 0.483 e. The summed E-state index contributed by atoms with van der Waals surface area (Å²) in [5, 5.41) is 19.1. The Labute approximate surface area is 174 Å². The number of amides is 3. The van der Waals surface area contributed by atoms with Gasteiger partial charge in [-0.25, -0.2) is 0 Å². The third-order valence-corrected chi connectivity index (χ3v) is 5.09. The number of nitrogens with zero attached hydrogens (tertiary/aromatic N) is 2. The fraction of sp³-hybridized carbons (Fsp3) is 0.632. The fourth-order valence-electron chi connectivity index (χ4n) is 3.69. The van der Waals surface area contributed by atoms with Crippen LogP contribution in [0.1, 0.15) is 43.1 Å². The van der Waals surface area contributed by atoms with Gasteiger partial charge in [0.15, 0.2) is 0 Å². The summed E-state index contributed by atoms with van der Waals surface area (Å²) in [5.74, 6) is -0.514. The van der Waals surface area contributed by atoms with E-state index in [1.807, 2.05) is 6.92 Å². The Balaban J connectivity index is 0.00000101. The van der Waals surface area contributed by atoms with Crippen molar-refractivity contribution >= 4 is 24.2 Å². The molecule has 1 saturated heterocycles. The van der Waals surface area contributed by atoms with Crippen LogP contribution in [0.15, 0.2) is 12.3 Å². The second-order valence-electron chi connectivity index (χ2n) is 7.18. The molecule has 3 amide bonds. The summed E-state index contributed by atoms with van der Waals surface area (Å²) in [7, 11) is 0. The molecule has 2 fully saturated rings. The lowest BCUT2D eigenvalue weighted by molar-refractivity contribution is -0.144. The van der Waals surface area contributed by atoms with Gasteiger partial charge in [-0.2, -0.15) is 5.10 Å². The van der Waals surface area contributed by atoms with E-state index in [1.165, 1.54) is 6.20 Å². The third kappa shape index (κ3) is 6.55. The Morgan fingerprint density at radius 1 is 1.43 bits per heavy atom. The monoisotopic (exact) mass is 423 g/mol. The normalized spacial score (nSPS) is 23.6. The molecule has 0 radical (unpaired) electrons. The molecule has 1 aromatic heterocycles. The Hall–Kier alpha value is -2.95. The van der Waals surface area contributed by atoms with E-state index < -0.39 is 0 Å². The van der Waals surface area contributed by atoms with Crippen LogP contribution < -0.4 is 10.6 Å². The second kappa shape index (κ2) is 11.9. The highest BCUT2D eigenvalue weighted by Crippen LogP contribution is 2.29. The standard InChI is InChI=1S/C18H27N5O4.CH2O2/c1-2-9-27-15-10-12(18(26)23-8-7-19-16(24)11-23)3-4-13(15)21-17(25)14-5-6-20-22-14;2-1-3/h5-6,12-13,15H,2-4,7-11H2,1H3,(H,19,24)(H,20,22)(H,21,25);1H,(H,2,3)/t12-,13-,15-;/m0./s1. The van der Waals surface area contributed by atoms with Gasteiger partial charge in [-0.15, -0.1) is 0 Å². The summed E-state index contributed by atoms with van der Waals surface area (Å²) in [5.41, 5.74) is 0.404. The van der Waals surface area contributed by atoms with Crippen molar-refractivity contribution in [3.8, 4) is 0 Å². The lowest BCUT2D eigenvalue weighted by atomic mass is 9.82. The van der Waals surface area contributed by atoms with Crippen LogP contribution in [0.2, 0.25) is 0 Å². The van der Waals surface area contributed by atoms with Crippen LogP contribution >= 0.6 is 0 Å². The summed E-state index contributed by atoms with van der Waals surface area (Å²) >= 11 is 0. The van der Waals surface area contributed by atoms with Gasteiger partial charge in [-0.05, 0) is 31.7 Å². The van der Waals surface area contributed by atoms with Gasteiger partial charge >= 0.3 is 0 Å². The van der Waals surface area contributed by atoms with E-state index in [1.54, 1.807) is 11.0 Å². The van der Waals surface area contributed by atoms with Crippen LogP contribution in [0.3, 0.4) is 0 Å². The Morgan fingerprint density at radius 2 is 2.20 bits per heavy atom. The molecule has 11 heteroatoms. The zero-order valence-electron chi connectivity index (χ0n) is 17.0. The highest BCUT2D eigenvalue weighted by molar-refractivity contribution is 5.92. The predicted molar refractivity (Wildman–Crippen MR) is 105 cm³/mol. The average Bonchev–Trinajstić information content (AvgIpc) is 3.28. The van der Waals surface area contributed by atoms with E-state index in [9.17, 15) is 14.4 Å². The summed E-state index contributed by atoms with van der Waals surface area (Å²) in [6.45, 7) is 3.51. The van der Waals surface area contributed by atoms with E-state index in [0.29, 0.717) is 44.7 Å². The number of carbonyl (C=O) groups excluding carboxylic acids is 3. The number of rotatable bonds is 6. The van der Waals surface area contributed by atoms with Crippen molar-refractivity contribution in [3.05, 3.63) is 18.0 Å². The minimum atomic E-state index is -0.250. The summed E-state index contributed by atoms with van der Waals surface area (Å²) < 4.78 is 5.96. The smallest absolute Gasteiger partial charge is 0.290 e. The first kappa shape index (κ1) is 23.3. The van der Waals surface area contributed by atoms with Crippen molar-refractivity contribution < 1.29 is 29.0 Å². The van der Waals surface area contributed by atoms with Gasteiger partial charge in [0.05, 0.1) is 18.7 Å². The van der Waals surface area contributed by atoms with E-state index in [-0.39, 0.29) is 48.8 Å². The van der Waals surface area contributed by atoms with E-state index in [2.05, 4.69) is 20.8 Å². The average molecular weight is 423 g/mol. The van der Waals surface area contributed by atoms with Gasteiger partial charge in [0.1, 0.15) is 5.69 Å². The van der Waals surface area contributed by atoms with Crippen molar-refractivity contribution in [1.29, 1.82) is 0 Å². The molecule has 30 heavy (non-hydrogen) atoms. The van der Waals surface area contributed by atoms with Gasteiger partial charge in [0, 0.05) is 31.8 Å². The molecule has 2 aliphatic rings. The maximum Gasteiger partial charge on any atom is 0.290 e.